The smallest absolute Gasteiger partial charge is 0.223 e. The van der Waals surface area contributed by atoms with Gasteiger partial charge in [-0.25, -0.2) is 0 Å². The average molecular weight is 555 g/mol. The summed E-state index contributed by atoms with van der Waals surface area (Å²) in [4.78, 5) is 54.7. The topological polar surface area (TPSA) is 115 Å². The van der Waals surface area contributed by atoms with E-state index in [9.17, 15) is 19.2 Å². The van der Waals surface area contributed by atoms with Crippen LogP contribution in [0.15, 0.2) is 35.9 Å². The molecule has 218 valence electrons. The van der Waals surface area contributed by atoms with Gasteiger partial charge in [-0.05, 0) is 49.8 Å². The van der Waals surface area contributed by atoms with Crippen LogP contribution in [-0.2, 0) is 35.1 Å². The number of ether oxygens (including phenoxy) is 3. The first kappa shape index (κ1) is 30.1. The second kappa shape index (κ2) is 14.7. The minimum absolute atomic E-state index is 0.0116. The van der Waals surface area contributed by atoms with Crippen molar-refractivity contribution in [3.05, 3.63) is 41.5 Å². The second-order valence-electron chi connectivity index (χ2n) is 11.2. The first-order valence-electron chi connectivity index (χ1n) is 14.4. The van der Waals surface area contributed by atoms with Crippen molar-refractivity contribution in [1.82, 2.24) is 10.2 Å². The van der Waals surface area contributed by atoms with Gasteiger partial charge in [-0.2, -0.15) is 0 Å². The third-order valence-corrected chi connectivity index (χ3v) is 7.93. The van der Waals surface area contributed by atoms with Crippen LogP contribution in [0.2, 0.25) is 0 Å². The first-order valence-corrected chi connectivity index (χ1v) is 14.4. The highest BCUT2D eigenvalue weighted by molar-refractivity contribution is 5.96. The van der Waals surface area contributed by atoms with Crippen LogP contribution in [0.4, 0.5) is 0 Å². The van der Waals surface area contributed by atoms with Crippen molar-refractivity contribution >= 4 is 23.3 Å². The lowest BCUT2D eigenvalue weighted by molar-refractivity contribution is -0.133. The Hall–Kier alpha value is -2.88. The Morgan fingerprint density at radius 1 is 1.07 bits per heavy atom. The Labute approximate surface area is 236 Å². The fourth-order valence-electron chi connectivity index (χ4n) is 5.44. The van der Waals surface area contributed by atoms with Crippen LogP contribution in [-0.4, -0.2) is 86.9 Å². The number of nitrogens with one attached hydrogen (secondary N) is 1. The van der Waals surface area contributed by atoms with Gasteiger partial charge in [0, 0.05) is 37.8 Å². The minimum Gasteiger partial charge on any atom is -0.497 e. The van der Waals surface area contributed by atoms with Crippen molar-refractivity contribution in [1.29, 1.82) is 0 Å². The number of amides is 1. The van der Waals surface area contributed by atoms with E-state index in [1.807, 2.05) is 29.2 Å². The van der Waals surface area contributed by atoms with E-state index in [0.29, 0.717) is 45.1 Å². The maximum Gasteiger partial charge on any atom is 0.223 e. The van der Waals surface area contributed by atoms with Crippen LogP contribution in [0, 0.1) is 11.8 Å². The number of carbonyl (C=O) groups excluding carboxylic acids is 4. The van der Waals surface area contributed by atoms with Crippen molar-refractivity contribution in [2.45, 2.75) is 64.0 Å². The summed E-state index contributed by atoms with van der Waals surface area (Å²) < 4.78 is 15.8. The minimum atomic E-state index is -0.814. The van der Waals surface area contributed by atoms with Crippen LogP contribution >= 0.6 is 0 Å². The monoisotopic (exact) mass is 554 g/mol. The van der Waals surface area contributed by atoms with Gasteiger partial charge in [-0.3, -0.25) is 24.1 Å². The van der Waals surface area contributed by atoms with Crippen LogP contribution in [0.25, 0.3) is 0 Å². The molecule has 40 heavy (non-hydrogen) atoms. The number of carbonyl (C=O) groups is 4. The highest BCUT2D eigenvalue weighted by atomic mass is 16.6. The van der Waals surface area contributed by atoms with Gasteiger partial charge in [0.1, 0.15) is 17.6 Å². The third kappa shape index (κ3) is 9.08. The summed E-state index contributed by atoms with van der Waals surface area (Å²) in [5, 5.41) is 2.92. The number of hydrogen-bond donors (Lipinski definition) is 1. The predicted molar refractivity (Wildman–Crippen MR) is 149 cm³/mol. The Bertz CT molecular complexity index is 1070. The molecule has 1 aromatic rings. The average Bonchev–Trinajstić information content (AvgIpc) is 3.68. The number of hydrogen-bond acceptors (Lipinski definition) is 8. The zero-order chi connectivity index (χ0) is 28.5. The summed E-state index contributed by atoms with van der Waals surface area (Å²) in [6.45, 7) is 5.02. The Kier molecular flexibility index (Phi) is 11.0. The fourth-order valence-corrected chi connectivity index (χ4v) is 5.44. The van der Waals surface area contributed by atoms with Gasteiger partial charge >= 0.3 is 0 Å². The second-order valence-corrected chi connectivity index (χ2v) is 11.2. The molecule has 0 spiro atoms. The molecule has 1 aromatic carbocycles. The summed E-state index contributed by atoms with van der Waals surface area (Å²) in [6.07, 6.45) is 5.75. The lowest BCUT2D eigenvalue weighted by Gasteiger charge is -2.26. The van der Waals surface area contributed by atoms with E-state index in [0.717, 1.165) is 24.8 Å². The number of benzene rings is 1. The quantitative estimate of drug-likeness (QED) is 0.245. The number of Topliss-reactive ketones (excluding diaryl/α,β-unsaturated/α-hetero) is 3. The Morgan fingerprint density at radius 2 is 1.80 bits per heavy atom. The zero-order valence-electron chi connectivity index (χ0n) is 23.7. The fraction of sp³-hybridized carbons (Fsp3) is 0.613. The van der Waals surface area contributed by atoms with Crippen molar-refractivity contribution in [2.24, 2.45) is 11.8 Å². The molecule has 0 saturated carbocycles. The molecule has 9 heteroatoms. The van der Waals surface area contributed by atoms with E-state index in [-0.39, 0.29) is 49.1 Å². The molecule has 0 radical (unpaired) electrons. The Balaban J connectivity index is 1.42. The van der Waals surface area contributed by atoms with Crippen LogP contribution < -0.4 is 10.1 Å². The van der Waals surface area contributed by atoms with Gasteiger partial charge in [-0.15, -0.1) is 0 Å². The molecule has 0 bridgehead atoms. The van der Waals surface area contributed by atoms with E-state index in [1.165, 1.54) is 5.57 Å². The van der Waals surface area contributed by atoms with Crippen LogP contribution in [0.5, 0.6) is 5.75 Å². The van der Waals surface area contributed by atoms with E-state index >= 15 is 0 Å². The summed E-state index contributed by atoms with van der Waals surface area (Å²) in [7, 11) is 1.59. The van der Waals surface area contributed by atoms with Crippen molar-refractivity contribution in [3.8, 4) is 5.75 Å². The highest BCUT2D eigenvalue weighted by Crippen LogP contribution is 2.30. The molecule has 1 N–H and O–H groups in total. The van der Waals surface area contributed by atoms with Gasteiger partial charge in [-0.1, -0.05) is 30.7 Å². The molecule has 2 saturated heterocycles. The van der Waals surface area contributed by atoms with Crippen molar-refractivity contribution in [3.63, 3.8) is 0 Å². The number of allylic oxidation sites excluding steroid dienone is 2. The van der Waals surface area contributed by atoms with Gasteiger partial charge in [0.25, 0.3) is 0 Å². The summed E-state index contributed by atoms with van der Waals surface area (Å²) in [5.74, 6) is -0.918. The van der Waals surface area contributed by atoms with Gasteiger partial charge < -0.3 is 19.5 Å². The van der Waals surface area contributed by atoms with E-state index in [4.69, 9.17) is 14.2 Å². The largest absolute Gasteiger partial charge is 0.497 e. The number of rotatable bonds is 16. The molecule has 2 aliphatic heterocycles. The number of epoxide rings is 1. The number of ketones is 3. The number of nitrogens with zero attached hydrogens (tertiary/aromatic N) is 1. The van der Waals surface area contributed by atoms with Gasteiger partial charge in [0.15, 0.2) is 11.6 Å². The molecule has 2 fully saturated rings. The third-order valence-electron chi connectivity index (χ3n) is 7.93. The molecule has 9 nitrogen and oxygen atoms in total. The molecule has 0 aromatic heterocycles. The molecule has 3 aliphatic rings. The normalized spacial score (nSPS) is 21.1. The standard InChI is InChI=1S/C31H42N2O7/c1-21(15-25(34)19-33-11-13-39-14-12-33)31(37)32-27(17-23-7-9-26(38-2)10-8-23)28(35)18-24(30(36)29-20-40-29)16-22-5-3-4-6-22/h5,7-10,21,24,27,29H,3-4,6,11-20H2,1-2H3,(H,32,37)/t21-,24-,27+,29-/m1/s1. The summed E-state index contributed by atoms with van der Waals surface area (Å²) in [6, 6.07) is 6.55. The van der Waals surface area contributed by atoms with Crippen molar-refractivity contribution < 1.29 is 33.4 Å². The van der Waals surface area contributed by atoms with E-state index in [2.05, 4.69) is 11.4 Å². The van der Waals surface area contributed by atoms with Crippen molar-refractivity contribution in [2.75, 3.05) is 46.6 Å². The molecule has 4 rings (SSSR count). The lowest BCUT2D eigenvalue weighted by atomic mass is 9.86. The van der Waals surface area contributed by atoms with Crippen LogP contribution in [0.1, 0.15) is 51.0 Å². The van der Waals surface area contributed by atoms with Crippen LogP contribution in [0.3, 0.4) is 0 Å². The van der Waals surface area contributed by atoms with E-state index < -0.39 is 24.0 Å². The molecule has 2 heterocycles. The summed E-state index contributed by atoms with van der Waals surface area (Å²) >= 11 is 0. The SMILES string of the molecule is COc1ccc(C[C@H](NC(=O)[C@H](C)CC(=O)CN2CCOCC2)C(=O)C[C@@H](CC2=CCCC2)C(=O)[C@H]2CO2)cc1. The molecular weight excluding hydrogens is 512 g/mol. The summed E-state index contributed by atoms with van der Waals surface area (Å²) in [5.41, 5.74) is 2.08. The van der Waals surface area contributed by atoms with Gasteiger partial charge in [0.2, 0.25) is 5.91 Å². The highest BCUT2D eigenvalue weighted by Gasteiger charge is 2.38. The molecule has 0 unspecified atom stereocenters. The zero-order valence-corrected chi connectivity index (χ0v) is 23.7. The molecule has 4 atom stereocenters. The maximum atomic E-state index is 13.7. The predicted octanol–water partition coefficient (Wildman–Crippen LogP) is 2.69. The first-order chi connectivity index (χ1) is 19.3. The number of methoxy groups -OCH3 is 1. The number of morpholine rings is 1. The molecule has 1 amide bonds. The molecular formula is C31H42N2O7. The maximum absolute atomic E-state index is 13.7. The Morgan fingerprint density at radius 3 is 2.42 bits per heavy atom. The van der Waals surface area contributed by atoms with Gasteiger partial charge in [0.05, 0.1) is 39.5 Å². The van der Waals surface area contributed by atoms with E-state index in [1.54, 1.807) is 14.0 Å². The lowest BCUT2D eigenvalue weighted by Crippen LogP contribution is -2.46. The molecule has 1 aliphatic carbocycles.